The summed E-state index contributed by atoms with van der Waals surface area (Å²) in [6, 6.07) is 7.30. The molecule has 0 fully saturated rings. The van der Waals surface area contributed by atoms with Gasteiger partial charge in [-0.15, -0.1) is 0 Å². The first kappa shape index (κ1) is 11.4. The van der Waals surface area contributed by atoms with Crippen molar-refractivity contribution in [3.05, 3.63) is 50.8 Å². The van der Waals surface area contributed by atoms with Crippen LogP contribution in [0.1, 0.15) is 5.56 Å². The maximum Gasteiger partial charge on any atom is 0.348 e. The Balaban J connectivity index is 2.36. The summed E-state index contributed by atoms with van der Waals surface area (Å²) in [5.74, 6) is 0. The highest BCUT2D eigenvalue weighted by Gasteiger charge is 2.05. The fraction of sp³-hybridized carbons (Fsp3) is 0.273. The Kier molecular flexibility index (Phi) is 2.97. The monoisotopic (exact) mass is 234 g/mol. The lowest BCUT2D eigenvalue weighted by molar-refractivity contribution is 0.402. The second-order valence-electron chi connectivity index (χ2n) is 4.10. The molecule has 17 heavy (non-hydrogen) atoms. The average molecular weight is 234 g/mol. The van der Waals surface area contributed by atoms with E-state index in [0.717, 1.165) is 16.7 Å². The molecule has 0 saturated carbocycles. The summed E-state index contributed by atoms with van der Waals surface area (Å²) in [7, 11) is 3.96. The lowest BCUT2D eigenvalue weighted by Crippen LogP contribution is -2.24. The molecule has 6 heteroatoms. The zero-order valence-electron chi connectivity index (χ0n) is 9.73. The predicted octanol–water partition coefficient (Wildman–Crippen LogP) is -0.0845. The molecule has 0 aliphatic heterocycles. The van der Waals surface area contributed by atoms with Crippen molar-refractivity contribution in [2.45, 2.75) is 6.54 Å². The van der Waals surface area contributed by atoms with E-state index in [1.807, 2.05) is 31.1 Å². The summed E-state index contributed by atoms with van der Waals surface area (Å²) in [5.41, 5.74) is 0.754. The van der Waals surface area contributed by atoms with E-state index in [0.29, 0.717) is 5.69 Å². The number of hydrogen-bond acceptors (Lipinski definition) is 3. The van der Waals surface area contributed by atoms with Crippen LogP contribution in [0, 0.1) is 0 Å². The molecule has 0 radical (unpaired) electrons. The van der Waals surface area contributed by atoms with E-state index in [-0.39, 0.29) is 0 Å². The number of nitrogens with zero attached hydrogens (tertiary/aromatic N) is 2. The van der Waals surface area contributed by atoms with Gasteiger partial charge in [0.05, 0.1) is 5.69 Å². The van der Waals surface area contributed by atoms with Crippen LogP contribution in [0.5, 0.6) is 0 Å². The summed E-state index contributed by atoms with van der Waals surface area (Å²) in [4.78, 5) is 24.8. The standard InChI is InChI=1S/C11H14N4O2/c1-14(2)7-8-3-5-9(6-4-8)15-10(16)12-13-11(15)17/h3-6H,7H2,1-2H3,(H,12,16)(H,13,17). The van der Waals surface area contributed by atoms with E-state index in [9.17, 15) is 9.59 Å². The van der Waals surface area contributed by atoms with E-state index in [2.05, 4.69) is 10.2 Å². The largest absolute Gasteiger partial charge is 0.348 e. The second kappa shape index (κ2) is 4.42. The molecule has 1 heterocycles. The zero-order valence-corrected chi connectivity index (χ0v) is 9.73. The van der Waals surface area contributed by atoms with Crippen LogP contribution in [-0.4, -0.2) is 33.8 Å². The topological polar surface area (TPSA) is 73.9 Å². The van der Waals surface area contributed by atoms with Crippen LogP contribution in [-0.2, 0) is 6.54 Å². The molecule has 0 atom stereocenters. The number of aromatic amines is 2. The van der Waals surface area contributed by atoms with Crippen LogP contribution in [0.15, 0.2) is 33.9 Å². The fourth-order valence-electron chi connectivity index (χ4n) is 1.66. The summed E-state index contributed by atoms with van der Waals surface area (Å²) in [6.45, 7) is 0.818. The van der Waals surface area contributed by atoms with Crippen LogP contribution in [0.25, 0.3) is 5.69 Å². The van der Waals surface area contributed by atoms with Gasteiger partial charge in [-0.1, -0.05) is 12.1 Å². The van der Waals surface area contributed by atoms with Crippen molar-refractivity contribution in [1.82, 2.24) is 19.7 Å². The molecule has 0 aliphatic rings. The molecule has 0 bridgehead atoms. The van der Waals surface area contributed by atoms with Crippen molar-refractivity contribution in [3.63, 3.8) is 0 Å². The molecule has 1 aromatic heterocycles. The van der Waals surface area contributed by atoms with Crippen LogP contribution in [0.4, 0.5) is 0 Å². The minimum atomic E-state index is -0.463. The lowest BCUT2D eigenvalue weighted by Gasteiger charge is -2.09. The minimum Gasteiger partial charge on any atom is -0.305 e. The van der Waals surface area contributed by atoms with Gasteiger partial charge in [0.25, 0.3) is 0 Å². The lowest BCUT2D eigenvalue weighted by atomic mass is 10.2. The molecule has 0 amide bonds. The number of nitrogens with one attached hydrogen (secondary N) is 2. The van der Waals surface area contributed by atoms with E-state index in [4.69, 9.17) is 0 Å². The zero-order chi connectivity index (χ0) is 12.4. The van der Waals surface area contributed by atoms with Gasteiger partial charge in [0, 0.05) is 6.54 Å². The van der Waals surface area contributed by atoms with Crippen LogP contribution in [0.3, 0.4) is 0 Å². The number of H-pyrrole nitrogens is 2. The molecule has 0 aliphatic carbocycles. The number of aromatic nitrogens is 3. The van der Waals surface area contributed by atoms with Crippen molar-refractivity contribution in [1.29, 1.82) is 0 Å². The van der Waals surface area contributed by atoms with Crippen LogP contribution < -0.4 is 11.4 Å². The number of benzene rings is 1. The highest BCUT2D eigenvalue weighted by molar-refractivity contribution is 5.34. The first-order valence-corrected chi connectivity index (χ1v) is 5.21. The van der Waals surface area contributed by atoms with Gasteiger partial charge < -0.3 is 4.90 Å². The minimum absolute atomic E-state index is 0.463. The highest BCUT2D eigenvalue weighted by Crippen LogP contribution is 2.07. The van der Waals surface area contributed by atoms with E-state index in [1.54, 1.807) is 12.1 Å². The maximum atomic E-state index is 11.4. The summed E-state index contributed by atoms with van der Waals surface area (Å²) < 4.78 is 1.06. The maximum absolute atomic E-state index is 11.4. The number of hydrogen-bond donors (Lipinski definition) is 2. The summed E-state index contributed by atoms with van der Waals surface area (Å²) in [5, 5.41) is 4.49. The van der Waals surface area contributed by atoms with E-state index in [1.165, 1.54) is 0 Å². The first-order chi connectivity index (χ1) is 8.08. The van der Waals surface area contributed by atoms with Crippen molar-refractivity contribution in [3.8, 4) is 5.69 Å². The Labute approximate surface area is 97.5 Å². The van der Waals surface area contributed by atoms with E-state index >= 15 is 0 Å². The predicted molar refractivity (Wildman–Crippen MR) is 64.4 cm³/mol. The molecular weight excluding hydrogens is 220 g/mol. The Morgan fingerprint density at radius 3 is 2.06 bits per heavy atom. The van der Waals surface area contributed by atoms with Crippen LogP contribution in [0.2, 0.25) is 0 Å². The van der Waals surface area contributed by atoms with Crippen molar-refractivity contribution in [2.75, 3.05) is 14.1 Å². The Bertz CT molecular complexity index is 576. The third kappa shape index (κ3) is 2.36. The van der Waals surface area contributed by atoms with E-state index < -0.39 is 11.4 Å². The summed E-state index contributed by atoms with van der Waals surface area (Å²) in [6.07, 6.45) is 0. The molecule has 6 nitrogen and oxygen atoms in total. The van der Waals surface area contributed by atoms with Crippen molar-refractivity contribution in [2.24, 2.45) is 0 Å². The second-order valence-corrected chi connectivity index (χ2v) is 4.10. The average Bonchev–Trinajstić information content (AvgIpc) is 2.59. The van der Waals surface area contributed by atoms with Crippen molar-refractivity contribution >= 4 is 0 Å². The molecule has 0 spiro atoms. The van der Waals surface area contributed by atoms with Gasteiger partial charge in [-0.05, 0) is 31.8 Å². The molecule has 0 saturated heterocycles. The quantitative estimate of drug-likeness (QED) is 0.779. The highest BCUT2D eigenvalue weighted by atomic mass is 16.2. The van der Waals surface area contributed by atoms with Gasteiger partial charge in [0.15, 0.2) is 0 Å². The molecular formula is C11H14N4O2. The van der Waals surface area contributed by atoms with Gasteiger partial charge in [-0.25, -0.2) is 24.4 Å². The molecule has 90 valence electrons. The Morgan fingerprint density at radius 2 is 1.59 bits per heavy atom. The molecule has 2 N–H and O–H groups in total. The summed E-state index contributed by atoms with van der Waals surface area (Å²) >= 11 is 0. The third-order valence-electron chi connectivity index (χ3n) is 2.38. The Morgan fingerprint density at radius 1 is 1.06 bits per heavy atom. The number of rotatable bonds is 3. The van der Waals surface area contributed by atoms with Crippen LogP contribution >= 0.6 is 0 Å². The molecule has 2 aromatic rings. The van der Waals surface area contributed by atoms with Gasteiger partial charge >= 0.3 is 11.4 Å². The normalized spacial score (nSPS) is 11.0. The van der Waals surface area contributed by atoms with Gasteiger partial charge in [0.1, 0.15) is 0 Å². The van der Waals surface area contributed by atoms with Gasteiger partial charge in [0.2, 0.25) is 0 Å². The Hall–Kier alpha value is -2.08. The smallest absolute Gasteiger partial charge is 0.305 e. The fourth-order valence-corrected chi connectivity index (χ4v) is 1.66. The van der Waals surface area contributed by atoms with Gasteiger partial charge in [-0.3, -0.25) is 0 Å². The third-order valence-corrected chi connectivity index (χ3v) is 2.38. The van der Waals surface area contributed by atoms with Gasteiger partial charge in [-0.2, -0.15) is 0 Å². The SMILES string of the molecule is CN(C)Cc1ccc(-n2c(=O)[nH][nH]c2=O)cc1. The first-order valence-electron chi connectivity index (χ1n) is 5.21. The van der Waals surface area contributed by atoms with Crippen molar-refractivity contribution < 1.29 is 0 Å². The molecule has 2 rings (SSSR count). The molecule has 1 aromatic carbocycles. The molecule has 0 unspecified atom stereocenters.